The lowest BCUT2D eigenvalue weighted by atomic mass is 10.1. The van der Waals surface area contributed by atoms with Crippen LogP contribution in [0.3, 0.4) is 0 Å². The number of anilines is 1. The van der Waals surface area contributed by atoms with Crippen molar-refractivity contribution in [3.8, 4) is 6.07 Å². The zero-order chi connectivity index (χ0) is 11.3. The molecule has 0 amide bonds. The fourth-order valence-electron chi connectivity index (χ4n) is 1.60. The first kappa shape index (κ1) is 11.6. The Morgan fingerprint density at radius 1 is 1.40 bits per heavy atom. The Balaban J connectivity index is 2.82. The van der Waals surface area contributed by atoms with Crippen LogP contribution in [0, 0.1) is 17.2 Å². The lowest BCUT2D eigenvalue weighted by Gasteiger charge is -2.23. The number of benzene rings is 1. The van der Waals surface area contributed by atoms with Crippen LogP contribution in [0.15, 0.2) is 24.3 Å². The smallest absolute Gasteiger partial charge is 0.101 e. The van der Waals surface area contributed by atoms with Crippen molar-refractivity contribution in [3.05, 3.63) is 29.8 Å². The predicted molar refractivity (Wildman–Crippen MR) is 63.9 cm³/mol. The lowest BCUT2D eigenvalue weighted by molar-refractivity contribution is 0.560. The van der Waals surface area contributed by atoms with Crippen molar-refractivity contribution < 1.29 is 0 Å². The van der Waals surface area contributed by atoms with Gasteiger partial charge in [-0.15, -0.1) is 0 Å². The molecule has 0 N–H and O–H groups in total. The Hall–Kier alpha value is -1.49. The van der Waals surface area contributed by atoms with Crippen LogP contribution >= 0.6 is 0 Å². The first-order valence-electron chi connectivity index (χ1n) is 5.39. The van der Waals surface area contributed by atoms with E-state index in [0.29, 0.717) is 5.92 Å². The molecule has 1 aromatic rings. The van der Waals surface area contributed by atoms with Gasteiger partial charge in [-0.05, 0) is 18.1 Å². The second-order valence-electron chi connectivity index (χ2n) is 4.02. The molecular formula is C13H18N2. The van der Waals surface area contributed by atoms with Crippen molar-refractivity contribution in [1.82, 2.24) is 0 Å². The van der Waals surface area contributed by atoms with Crippen molar-refractivity contribution in [2.24, 2.45) is 5.92 Å². The van der Waals surface area contributed by atoms with Crippen molar-refractivity contribution >= 4 is 5.69 Å². The van der Waals surface area contributed by atoms with Crippen molar-refractivity contribution in [2.75, 3.05) is 18.5 Å². The molecule has 0 aromatic heterocycles. The number of hydrogen-bond donors (Lipinski definition) is 0. The van der Waals surface area contributed by atoms with E-state index >= 15 is 0 Å². The monoisotopic (exact) mass is 202 g/mol. The van der Waals surface area contributed by atoms with E-state index in [-0.39, 0.29) is 0 Å². The molecule has 0 bridgehead atoms. The van der Waals surface area contributed by atoms with Gasteiger partial charge in [0.2, 0.25) is 0 Å². The van der Waals surface area contributed by atoms with Crippen molar-refractivity contribution in [2.45, 2.75) is 20.3 Å². The third kappa shape index (κ3) is 2.99. The lowest BCUT2D eigenvalue weighted by Crippen LogP contribution is -2.24. The highest BCUT2D eigenvalue weighted by Crippen LogP contribution is 2.19. The normalized spacial score (nSPS) is 11.9. The number of nitrogens with zero attached hydrogens (tertiary/aromatic N) is 2. The summed E-state index contributed by atoms with van der Waals surface area (Å²) in [5, 5.41) is 8.98. The predicted octanol–water partition coefficient (Wildman–Crippen LogP) is 3.04. The summed E-state index contributed by atoms with van der Waals surface area (Å²) in [6.45, 7) is 5.41. The van der Waals surface area contributed by atoms with Crippen LogP contribution in [0.4, 0.5) is 5.69 Å². The molecule has 0 fully saturated rings. The van der Waals surface area contributed by atoms with Gasteiger partial charge < -0.3 is 4.90 Å². The zero-order valence-electron chi connectivity index (χ0n) is 9.70. The summed E-state index contributed by atoms with van der Waals surface area (Å²) in [4.78, 5) is 2.16. The maximum Gasteiger partial charge on any atom is 0.101 e. The summed E-state index contributed by atoms with van der Waals surface area (Å²) in [6, 6.07) is 9.97. The highest BCUT2D eigenvalue weighted by atomic mass is 15.1. The molecule has 0 radical (unpaired) electrons. The quantitative estimate of drug-likeness (QED) is 0.750. The summed E-state index contributed by atoms with van der Waals surface area (Å²) < 4.78 is 0. The molecule has 0 heterocycles. The van der Waals surface area contributed by atoms with Crippen LogP contribution in [-0.2, 0) is 0 Å². The molecule has 1 atom stereocenters. The molecule has 80 valence electrons. The molecular weight excluding hydrogens is 184 g/mol. The van der Waals surface area contributed by atoms with E-state index in [0.717, 1.165) is 17.8 Å². The minimum Gasteiger partial charge on any atom is -0.373 e. The number of rotatable bonds is 4. The third-order valence-corrected chi connectivity index (χ3v) is 2.72. The number of para-hydroxylation sites is 1. The molecule has 0 saturated heterocycles. The molecule has 0 spiro atoms. The minimum absolute atomic E-state index is 0.654. The van der Waals surface area contributed by atoms with Crippen LogP contribution in [0.25, 0.3) is 0 Å². The maximum atomic E-state index is 8.98. The molecule has 2 heteroatoms. The van der Waals surface area contributed by atoms with Gasteiger partial charge in [0.25, 0.3) is 0 Å². The molecule has 1 unspecified atom stereocenters. The Bertz CT molecular complexity index is 352. The Morgan fingerprint density at radius 2 is 2.07 bits per heavy atom. The summed E-state index contributed by atoms with van der Waals surface area (Å²) in [7, 11) is 2.04. The van der Waals surface area contributed by atoms with Gasteiger partial charge in [-0.2, -0.15) is 5.26 Å². The summed E-state index contributed by atoms with van der Waals surface area (Å²) >= 11 is 0. The van der Waals surface area contributed by atoms with Crippen LogP contribution in [0.5, 0.6) is 0 Å². The van der Waals surface area contributed by atoms with E-state index in [9.17, 15) is 0 Å². The Kier molecular flexibility index (Phi) is 4.17. The van der Waals surface area contributed by atoms with Crippen molar-refractivity contribution in [3.63, 3.8) is 0 Å². The van der Waals surface area contributed by atoms with E-state index in [2.05, 4.69) is 24.8 Å². The molecule has 2 nitrogen and oxygen atoms in total. The van der Waals surface area contributed by atoms with Gasteiger partial charge in [-0.3, -0.25) is 0 Å². The Morgan fingerprint density at radius 3 is 2.67 bits per heavy atom. The fraction of sp³-hybridized carbons (Fsp3) is 0.462. The van der Waals surface area contributed by atoms with E-state index in [1.54, 1.807) is 0 Å². The molecule has 15 heavy (non-hydrogen) atoms. The highest BCUT2D eigenvalue weighted by Gasteiger charge is 2.08. The fourth-order valence-corrected chi connectivity index (χ4v) is 1.60. The molecule has 0 saturated carbocycles. The molecule has 1 aromatic carbocycles. The summed E-state index contributed by atoms with van der Waals surface area (Å²) in [5.74, 6) is 0.654. The van der Waals surface area contributed by atoms with Crippen LogP contribution < -0.4 is 4.90 Å². The van der Waals surface area contributed by atoms with Crippen LogP contribution in [-0.4, -0.2) is 13.6 Å². The number of hydrogen-bond acceptors (Lipinski definition) is 2. The van der Waals surface area contributed by atoms with Gasteiger partial charge in [0.15, 0.2) is 0 Å². The first-order chi connectivity index (χ1) is 7.19. The second-order valence-corrected chi connectivity index (χ2v) is 4.02. The van der Waals surface area contributed by atoms with Crippen molar-refractivity contribution in [1.29, 1.82) is 5.26 Å². The van der Waals surface area contributed by atoms with E-state index in [1.807, 2.05) is 31.3 Å². The summed E-state index contributed by atoms with van der Waals surface area (Å²) in [6.07, 6.45) is 1.17. The molecule has 0 aliphatic heterocycles. The largest absolute Gasteiger partial charge is 0.373 e. The van der Waals surface area contributed by atoms with E-state index < -0.39 is 0 Å². The molecule has 1 rings (SSSR count). The third-order valence-electron chi connectivity index (χ3n) is 2.72. The summed E-state index contributed by atoms with van der Waals surface area (Å²) in [5.41, 5.74) is 1.78. The first-order valence-corrected chi connectivity index (χ1v) is 5.39. The number of nitriles is 1. The average Bonchev–Trinajstić information content (AvgIpc) is 2.28. The second kappa shape index (κ2) is 5.41. The van der Waals surface area contributed by atoms with E-state index in [4.69, 9.17) is 5.26 Å². The van der Waals surface area contributed by atoms with Gasteiger partial charge >= 0.3 is 0 Å². The van der Waals surface area contributed by atoms with Gasteiger partial charge in [0.1, 0.15) is 6.07 Å². The van der Waals surface area contributed by atoms with Gasteiger partial charge in [-0.1, -0.05) is 32.4 Å². The topological polar surface area (TPSA) is 27.0 Å². The standard InChI is InChI=1S/C13H18N2/c1-4-11(2)10-15(3)13-8-6-5-7-12(13)9-14/h5-8,11H,4,10H2,1-3H3. The minimum atomic E-state index is 0.654. The highest BCUT2D eigenvalue weighted by molar-refractivity contribution is 5.58. The molecule has 0 aliphatic carbocycles. The molecule has 0 aliphatic rings. The maximum absolute atomic E-state index is 8.98. The van der Waals surface area contributed by atoms with Gasteiger partial charge in [0, 0.05) is 13.6 Å². The van der Waals surface area contributed by atoms with E-state index in [1.165, 1.54) is 6.42 Å². The zero-order valence-corrected chi connectivity index (χ0v) is 9.70. The Labute approximate surface area is 92.1 Å². The van der Waals surface area contributed by atoms with Gasteiger partial charge in [0.05, 0.1) is 11.3 Å². The van der Waals surface area contributed by atoms with Crippen LogP contribution in [0.1, 0.15) is 25.8 Å². The average molecular weight is 202 g/mol. The SMILES string of the molecule is CCC(C)CN(C)c1ccccc1C#N. The van der Waals surface area contributed by atoms with Gasteiger partial charge in [-0.25, -0.2) is 0 Å². The van der Waals surface area contributed by atoms with Crippen LogP contribution in [0.2, 0.25) is 0 Å².